The standard InChI is InChI=1S/C18H18N2O2S2/c1-11-12-7-9-23-14(12)6-8-20(11)17(21)10-16-18(22)19-13-4-2-3-5-15(13)24-16/h2-5,7,9,11,16H,6,8,10H2,1H3,(H,19,22)/t11-,16+/m1/s1. The van der Waals surface area contributed by atoms with Gasteiger partial charge in [-0.25, -0.2) is 0 Å². The van der Waals surface area contributed by atoms with Gasteiger partial charge in [0.15, 0.2) is 0 Å². The Morgan fingerprint density at radius 3 is 3.04 bits per heavy atom. The zero-order valence-corrected chi connectivity index (χ0v) is 15.0. The Morgan fingerprint density at radius 2 is 2.17 bits per heavy atom. The molecule has 0 saturated carbocycles. The first-order valence-electron chi connectivity index (χ1n) is 8.06. The topological polar surface area (TPSA) is 49.4 Å². The molecule has 2 aromatic rings. The third-order valence-corrected chi connectivity index (χ3v) is 6.94. The van der Waals surface area contributed by atoms with Crippen molar-refractivity contribution >= 4 is 40.6 Å². The summed E-state index contributed by atoms with van der Waals surface area (Å²) in [5.41, 5.74) is 2.09. The molecule has 24 heavy (non-hydrogen) atoms. The van der Waals surface area contributed by atoms with Crippen LogP contribution in [0.25, 0.3) is 0 Å². The minimum absolute atomic E-state index is 0.0615. The van der Waals surface area contributed by atoms with Crippen molar-refractivity contribution in [2.45, 2.75) is 36.0 Å². The third kappa shape index (κ3) is 2.74. The SMILES string of the molecule is C[C@@H]1c2ccsc2CCN1C(=O)C[C@@H]1Sc2ccccc2NC1=O. The molecule has 0 unspecified atom stereocenters. The van der Waals surface area contributed by atoms with Gasteiger partial charge in [0.1, 0.15) is 0 Å². The smallest absolute Gasteiger partial charge is 0.238 e. The Kier molecular flexibility index (Phi) is 4.10. The van der Waals surface area contributed by atoms with E-state index in [-0.39, 0.29) is 29.5 Å². The predicted molar refractivity (Wildman–Crippen MR) is 97.5 cm³/mol. The Hall–Kier alpha value is -1.79. The molecular weight excluding hydrogens is 340 g/mol. The second-order valence-corrected chi connectivity index (χ2v) is 8.35. The van der Waals surface area contributed by atoms with Crippen LogP contribution in [0.4, 0.5) is 5.69 Å². The average molecular weight is 358 g/mol. The van der Waals surface area contributed by atoms with Crippen molar-refractivity contribution in [1.82, 2.24) is 4.90 Å². The Bertz CT molecular complexity index is 802. The minimum atomic E-state index is -0.358. The van der Waals surface area contributed by atoms with Gasteiger partial charge in [-0.1, -0.05) is 12.1 Å². The fraction of sp³-hybridized carbons (Fsp3) is 0.333. The number of amides is 2. The number of rotatable bonds is 2. The maximum absolute atomic E-state index is 12.8. The summed E-state index contributed by atoms with van der Waals surface area (Å²) in [6.07, 6.45) is 1.16. The molecule has 0 aliphatic carbocycles. The normalized spacial score (nSPS) is 22.5. The number of hydrogen-bond donors (Lipinski definition) is 1. The van der Waals surface area contributed by atoms with Crippen LogP contribution in [0.15, 0.2) is 40.6 Å². The highest BCUT2D eigenvalue weighted by molar-refractivity contribution is 8.01. The number of para-hydroxylation sites is 1. The van der Waals surface area contributed by atoms with Gasteiger partial charge in [0.05, 0.1) is 17.0 Å². The van der Waals surface area contributed by atoms with Gasteiger partial charge in [-0.15, -0.1) is 23.1 Å². The highest BCUT2D eigenvalue weighted by Gasteiger charge is 2.33. The van der Waals surface area contributed by atoms with Gasteiger partial charge in [-0.2, -0.15) is 0 Å². The maximum atomic E-state index is 12.8. The fourth-order valence-corrected chi connectivity index (χ4v) is 5.42. The number of thiophene rings is 1. The minimum Gasteiger partial charge on any atom is -0.335 e. The molecule has 2 amide bonds. The average Bonchev–Trinajstić information content (AvgIpc) is 3.05. The first-order chi connectivity index (χ1) is 11.6. The lowest BCUT2D eigenvalue weighted by atomic mass is 10.0. The van der Waals surface area contributed by atoms with Crippen molar-refractivity contribution in [1.29, 1.82) is 0 Å². The second-order valence-electron chi connectivity index (χ2n) is 6.11. The molecule has 0 radical (unpaired) electrons. The number of nitrogens with one attached hydrogen (secondary N) is 1. The quantitative estimate of drug-likeness (QED) is 0.891. The molecule has 0 saturated heterocycles. The first kappa shape index (κ1) is 15.7. The summed E-state index contributed by atoms with van der Waals surface area (Å²) >= 11 is 3.25. The molecule has 1 aromatic carbocycles. The molecule has 1 N–H and O–H groups in total. The number of carbonyl (C=O) groups is 2. The Balaban J connectivity index is 1.48. The van der Waals surface area contributed by atoms with Gasteiger partial charge in [0, 0.05) is 22.7 Å². The summed E-state index contributed by atoms with van der Waals surface area (Å²) in [6.45, 7) is 2.81. The van der Waals surface area contributed by atoms with Gasteiger partial charge in [0.25, 0.3) is 0 Å². The predicted octanol–water partition coefficient (Wildman–Crippen LogP) is 3.70. The number of benzene rings is 1. The van der Waals surface area contributed by atoms with E-state index < -0.39 is 0 Å². The van der Waals surface area contributed by atoms with E-state index in [9.17, 15) is 9.59 Å². The van der Waals surface area contributed by atoms with Crippen molar-refractivity contribution in [3.05, 3.63) is 46.2 Å². The zero-order valence-electron chi connectivity index (χ0n) is 13.3. The Morgan fingerprint density at radius 1 is 1.33 bits per heavy atom. The molecule has 124 valence electrons. The van der Waals surface area contributed by atoms with Gasteiger partial charge in [-0.05, 0) is 42.5 Å². The van der Waals surface area contributed by atoms with Crippen LogP contribution in [0.2, 0.25) is 0 Å². The molecule has 1 aromatic heterocycles. The second kappa shape index (κ2) is 6.26. The molecule has 2 atom stereocenters. The van der Waals surface area contributed by atoms with E-state index in [2.05, 4.69) is 23.7 Å². The van der Waals surface area contributed by atoms with E-state index in [1.165, 1.54) is 22.2 Å². The number of fused-ring (bicyclic) bond motifs is 2. The largest absolute Gasteiger partial charge is 0.335 e. The van der Waals surface area contributed by atoms with Crippen molar-refractivity contribution < 1.29 is 9.59 Å². The fourth-order valence-electron chi connectivity index (χ4n) is 3.35. The van der Waals surface area contributed by atoms with E-state index in [0.29, 0.717) is 0 Å². The monoisotopic (exact) mass is 358 g/mol. The van der Waals surface area contributed by atoms with Crippen molar-refractivity contribution in [3.63, 3.8) is 0 Å². The van der Waals surface area contributed by atoms with E-state index in [1.54, 1.807) is 11.3 Å². The van der Waals surface area contributed by atoms with E-state index in [0.717, 1.165) is 23.5 Å². The lowest BCUT2D eigenvalue weighted by Gasteiger charge is -2.35. The van der Waals surface area contributed by atoms with Crippen LogP contribution in [0.1, 0.15) is 29.8 Å². The molecule has 6 heteroatoms. The third-order valence-electron chi connectivity index (χ3n) is 4.66. The zero-order chi connectivity index (χ0) is 16.7. The molecule has 0 spiro atoms. The highest BCUT2D eigenvalue weighted by atomic mass is 32.2. The summed E-state index contributed by atoms with van der Waals surface area (Å²) in [5.74, 6) is -0.0145. The van der Waals surface area contributed by atoms with Gasteiger partial charge in [-0.3, -0.25) is 9.59 Å². The van der Waals surface area contributed by atoms with E-state index >= 15 is 0 Å². The first-order valence-corrected chi connectivity index (χ1v) is 9.81. The van der Waals surface area contributed by atoms with Crippen LogP contribution < -0.4 is 5.32 Å². The molecule has 4 rings (SSSR count). The number of thioether (sulfide) groups is 1. The van der Waals surface area contributed by atoms with Crippen LogP contribution in [0.3, 0.4) is 0 Å². The van der Waals surface area contributed by atoms with Gasteiger partial charge in [0.2, 0.25) is 11.8 Å². The molecule has 2 aliphatic rings. The number of nitrogens with zero attached hydrogens (tertiary/aromatic N) is 1. The summed E-state index contributed by atoms with van der Waals surface area (Å²) in [5, 5.41) is 4.65. The summed E-state index contributed by atoms with van der Waals surface area (Å²) in [4.78, 5) is 29.4. The molecular formula is C18H18N2O2S2. The van der Waals surface area contributed by atoms with Crippen LogP contribution in [-0.2, 0) is 16.0 Å². The summed E-state index contributed by atoms with van der Waals surface area (Å²) < 4.78 is 0. The molecule has 0 fully saturated rings. The molecule has 2 aliphatic heterocycles. The number of carbonyl (C=O) groups excluding carboxylic acids is 2. The van der Waals surface area contributed by atoms with Crippen molar-refractivity contribution in [2.24, 2.45) is 0 Å². The Labute approximate surface area is 149 Å². The summed E-state index contributed by atoms with van der Waals surface area (Å²) in [7, 11) is 0. The number of hydrogen-bond acceptors (Lipinski definition) is 4. The van der Waals surface area contributed by atoms with E-state index in [4.69, 9.17) is 0 Å². The van der Waals surface area contributed by atoms with Gasteiger partial charge < -0.3 is 10.2 Å². The van der Waals surface area contributed by atoms with Crippen molar-refractivity contribution in [2.75, 3.05) is 11.9 Å². The van der Waals surface area contributed by atoms with Crippen LogP contribution in [-0.4, -0.2) is 28.5 Å². The lowest BCUT2D eigenvalue weighted by Crippen LogP contribution is -2.41. The van der Waals surface area contributed by atoms with Crippen LogP contribution in [0.5, 0.6) is 0 Å². The molecule has 4 nitrogen and oxygen atoms in total. The summed E-state index contributed by atoms with van der Waals surface area (Å²) in [6, 6.07) is 9.94. The maximum Gasteiger partial charge on any atom is 0.238 e. The molecule has 0 bridgehead atoms. The van der Waals surface area contributed by atoms with Crippen LogP contribution >= 0.6 is 23.1 Å². The lowest BCUT2D eigenvalue weighted by molar-refractivity contribution is -0.135. The molecule has 3 heterocycles. The highest BCUT2D eigenvalue weighted by Crippen LogP contribution is 2.38. The van der Waals surface area contributed by atoms with Crippen molar-refractivity contribution in [3.8, 4) is 0 Å². The number of anilines is 1. The van der Waals surface area contributed by atoms with Gasteiger partial charge >= 0.3 is 0 Å². The van der Waals surface area contributed by atoms with Crippen LogP contribution in [0, 0.1) is 0 Å². The van der Waals surface area contributed by atoms with E-state index in [1.807, 2.05) is 29.2 Å².